The Labute approximate surface area is 133 Å². The van der Waals surface area contributed by atoms with E-state index in [0.717, 1.165) is 18.3 Å². The van der Waals surface area contributed by atoms with Gasteiger partial charge in [-0.25, -0.2) is 0 Å². The van der Waals surface area contributed by atoms with Crippen molar-refractivity contribution < 1.29 is 5.11 Å². The number of nitrogen functional groups attached to an aromatic ring is 1. The first-order chi connectivity index (χ1) is 10.5. The molecule has 0 saturated heterocycles. The highest BCUT2D eigenvalue weighted by Gasteiger charge is 2.52. The average Bonchev–Trinajstić information content (AvgIpc) is 2.85. The molecule has 0 aromatic heterocycles. The molecule has 2 nitrogen and oxygen atoms in total. The second kappa shape index (κ2) is 4.78. The first kappa shape index (κ1) is 14.2. The Bertz CT molecular complexity index is 647. The van der Waals surface area contributed by atoms with Crippen molar-refractivity contribution in [1.82, 2.24) is 0 Å². The van der Waals surface area contributed by atoms with Crippen molar-refractivity contribution in [3.63, 3.8) is 0 Å². The van der Waals surface area contributed by atoms with Crippen LogP contribution >= 0.6 is 0 Å². The van der Waals surface area contributed by atoms with E-state index >= 15 is 0 Å². The van der Waals surface area contributed by atoms with Gasteiger partial charge in [-0.15, -0.1) is 0 Å². The van der Waals surface area contributed by atoms with Crippen molar-refractivity contribution in [1.29, 1.82) is 0 Å². The van der Waals surface area contributed by atoms with Gasteiger partial charge in [0.1, 0.15) is 5.75 Å². The Morgan fingerprint density at radius 2 is 2.05 bits per heavy atom. The Hall–Kier alpha value is -1.44. The van der Waals surface area contributed by atoms with E-state index < -0.39 is 0 Å². The summed E-state index contributed by atoms with van der Waals surface area (Å²) in [5.41, 5.74) is 11.3. The number of nitrogens with two attached hydrogens (primary N) is 1. The summed E-state index contributed by atoms with van der Waals surface area (Å²) >= 11 is 0. The number of hydrogen-bond donors (Lipinski definition) is 2. The summed E-state index contributed by atoms with van der Waals surface area (Å²) in [4.78, 5) is 0. The molecule has 4 atom stereocenters. The smallest absolute Gasteiger partial charge is 0.138 e. The van der Waals surface area contributed by atoms with Crippen LogP contribution in [-0.2, 0) is 6.42 Å². The topological polar surface area (TPSA) is 46.2 Å². The molecule has 3 aliphatic carbocycles. The maximum Gasteiger partial charge on any atom is 0.138 e. The van der Waals surface area contributed by atoms with Gasteiger partial charge in [0.25, 0.3) is 0 Å². The summed E-state index contributed by atoms with van der Waals surface area (Å²) < 4.78 is 0. The lowest BCUT2D eigenvalue weighted by molar-refractivity contribution is 0.0813. The molecule has 0 bridgehead atoms. The number of aryl methyl sites for hydroxylation is 1. The first-order valence-corrected chi connectivity index (χ1v) is 8.81. The van der Waals surface area contributed by atoms with Crippen LogP contribution in [0.25, 0.3) is 0 Å². The summed E-state index contributed by atoms with van der Waals surface area (Å²) in [5, 5.41) is 10.0. The van der Waals surface area contributed by atoms with E-state index in [1.807, 2.05) is 12.1 Å². The highest BCUT2D eigenvalue weighted by atomic mass is 16.3. The molecular weight excluding hydrogens is 270 g/mol. The molecule has 0 aliphatic heterocycles. The van der Waals surface area contributed by atoms with Gasteiger partial charge in [0.05, 0.1) is 5.69 Å². The van der Waals surface area contributed by atoms with Crippen molar-refractivity contribution in [2.45, 2.75) is 58.3 Å². The van der Waals surface area contributed by atoms with Crippen LogP contribution in [0.3, 0.4) is 0 Å². The summed E-state index contributed by atoms with van der Waals surface area (Å²) in [6, 6.07) is 3.98. The molecule has 4 unspecified atom stereocenters. The average molecular weight is 297 g/mol. The van der Waals surface area contributed by atoms with Crippen molar-refractivity contribution in [3.8, 4) is 5.75 Å². The Balaban J connectivity index is 1.73. The number of phenols is 1. The number of rotatable bonds is 0. The maximum atomic E-state index is 10.0. The van der Waals surface area contributed by atoms with Gasteiger partial charge in [-0.05, 0) is 91.9 Å². The predicted molar refractivity (Wildman–Crippen MR) is 90.9 cm³/mol. The Morgan fingerprint density at radius 1 is 1.23 bits per heavy atom. The molecule has 1 aromatic rings. The van der Waals surface area contributed by atoms with Crippen LogP contribution in [0.2, 0.25) is 0 Å². The monoisotopic (exact) mass is 297 g/mol. The molecule has 2 heteroatoms. The lowest BCUT2D eigenvalue weighted by Gasteiger charge is -2.49. The number of fused-ring (bicyclic) bond motifs is 5. The zero-order valence-electron chi connectivity index (χ0n) is 13.7. The third-order valence-electron chi connectivity index (χ3n) is 7.07. The molecule has 0 spiro atoms. The largest absolute Gasteiger partial charge is 0.506 e. The molecule has 3 aliphatic rings. The van der Waals surface area contributed by atoms with Crippen LogP contribution in [0.5, 0.6) is 5.75 Å². The van der Waals surface area contributed by atoms with Crippen LogP contribution in [0.15, 0.2) is 23.8 Å². The van der Waals surface area contributed by atoms with E-state index in [1.54, 1.807) is 5.57 Å². The second-order valence-corrected chi connectivity index (χ2v) is 7.83. The predicted octanol–water partition coefficient (Wildman–Crippen LogP) is 4.78. The molecule has 4 rings (SSSR count). The van der Waals surface area contributed by atoms with Gasteiger partial charge >= 0.3 is 0 Å². The maximum absolute atomic E-state index is 10.0. The molecule has 2 fully saturated rings. The van der Waals surface area contributed by atoms with Gasteiger partial charge < -0.3 is 10.8 Å². The number of anilines is 1. The van der Waals surface area contributed by atoms with Crippen molar-refractivity contribution in [3.05, 3.63) is 34.9 Å². The third kappa shape index (κ3) is 1.79. The summed E-state index contributed by atoms with van der Waals surface area (Å²) in [6.45, 7) is 4.72. The van der Waals surface area contributed by atoms with E-state index in [-0.39, 0.29) is 5.75 Å². The lowest BCUT2D eigenvalue weighted by atomic mass is 9.55. The lowest BCUT2D eigenvalue weighted by Crippen LogP contribution is -2.40. The number of hydrogen-bond acceptors (Lipinski definition) is 2. The molecule has 22 heavy (non-hydrogen) atoms. The normalized spacial score (nSPS) is 38.5. The fourth-order valence-corrected chi connectivity index (χ4v) is 5.95. The molecule has 1 aromatic carbocycles. The minimum absolute atomic E-state index is 0.272. The second-order valence-electron chi connectivity index (χ2n) is 7.83. The van der Waals surface area contributed by atoms with Gasteiger partial charge in [-0.3, -0.25) is 0 Å². The zero-order valence-corrected chi connectivity index (χ0v) is 13.7. The van der Waals surface area contributed by atoms with E-state index in [4.69, 9.17) is 5.73 Å². The van der Waals surface area contributed by atoms with Crippen molar-refractivity contribution in [2.24, 2.45) is 17.3 Å². The third-order valence-corrected chi connectivity index (χ3v) is 7.07. The highest BCUT2D eigenvalue weighted by Crippen LogP contribution is 2.62. The van der Waals surface area contributed by atoms with Crippen LogP contribution in [0, 0.1) is 17.3 Å². The summed E-state index contributed by atoms with van der Waals surface area (Å²) in [7, 11) is 0. The number of aromatic hydroxyl groups is 1. The van der Waals surface area contributed by atoms with Crippen LogP contribution in [-0.4, -0.2) is 5.11 Å². The van der Waals surface area contributed by atoms with Crippen molar-refractivity contribution >= 4 is 5.69 Å². The molecular formula is C20H27NO. The first-order valence-electron chi connectivity index (χ1n) is 8.81. The molecule has 0 heterocycles. The van der Waals surface area contributed by atoms with Gasteiger partial charge in [-0.1, -0.05) is 18.6 Å². The van der Waals surface area contributed by atoms with E-state index in [9.17, 15) is 5.11 Å². The number of allylic oxidation sites excluding steroid dienone is 2. The standard InChI is InChI=1S/C20H27NO/c1-3-13-5-7-17-15-6-4-12-10-18(21)19(22)11-16(12)14(15)8-9-20(13,17)2/h3,10-11,14-15,17,22H,4-9,21H2,1-2H3/b13-3-. The van der Waals surface area contributed by atoms with Gasteiger partial charge in [0.15, 0.2) is 0 Å². The van der Waals surface area contributed by atoms with Crippen molar-refractivity contribution in [2.75, 3.05) is 5.73 Å². The quantitative estimate of drug-likeness (QED) is 0.411. The van der Waals surface area contributed by atoms with Gasteiger partial charge in [-0.2, -0.15) is 0 Å². The molecule has 2 saturated carbocycles. The molecule has 118 valence electrons. The van der Waals surface area contributed by atoms with Gasteiger partial charge in [0.2, 0.25) is 0 Å². The minimum Gasteiger partial charge on any atom is -0.506 e. The Morgan fingerprint density at radius 3 is 2.82 bits per heavy atom. The number of phenolic OH excluding ortho intramolecular Hbond substituents is 1. The summed E-state index contributed by atoms with van der Waals surface area (Å²) in [6.07, 6.45) is 9.99. The van der Waals surface area contributed by atoms with E-state index in [0.29, 0.717) is 17.0 Å². The Kier molecular flexibility index (Phi) is 3.08. The molecule has 0 radical (unpaired) electrons. The molecule has 0 amide bonds. The summed E-state index contributed by atoms with van der Waals surface area (Å²) in [5.74, 6) is 2.51. The van der Waals surface area contributed by atoms with E-state index in [2.05, 4.69) is 19.9 Å². The number of benzene rings is 1. The SMILES string of the molecule is C/C=C1/CCC2C3CCc4cc(N)c(O)cc4C3CCC12C. The van der Waals surface area contributed by atoms with Crippen LogP contribution < -0.4 is 5.73 Å². The fraction of sp³-hybridized carbons (Fsp3) is 0.600. The highest BCUT2D eigenvalue weighted by molar-refractivity contribution is 5.57. The minimum atomic E-state index is 0.272. The van der Waals surface area contributed by atoms with Crippen LogP contribution in [0.1, 0.15) is 63.0 Å². The van der Waals surface area contributed by atoms with E-state index in [1.165, 1.54) is 43.2 Å². The van der Waals surface area contributed by atoms with Crippen LogP contribution in [0.4, 0.5) is 5.69 Å². The fourth-order valence-electron chi connectivity index (χ4n) is 5.95. The zero-order chi connectivity index (χ0) is 15.5. The van der Waals surface area contributed by atoms with Gasteiger partial charge in [0, 0.05) is 0 Å². The molecule has 3 N–H and O–H groups in total.